The van der Waals surface area contributed by atoms with Crippen molar-refractivity contribution in [1.29, 1.82) is 0 Å². The number of pyridine rings is 1. The average molecular weight is 421 g/mol. The standard InChI is InChI=1S/C16H18BrN3O.2ClH/c1-16(18,13-5-7-14(17)8-6-13)15(21)20(2)11-12-4-3-9-19-10-12;;/h3-10H,11,18H2,1-2H3;2*1H. The van der Waals surface area contributed by atoms with Crippen LogP contribution in [0.5, 0.6) is 0 Å². The number of aromatic nitrogens is 1. The van der Waals surface area contributed by atoms with Crippen molar-refractivity contribution < 1.29 is 4.79 Å². The lowest BCUT2D eigenvalue weighted by atomic mass is 9.91. The molecule has 1 unspecified atom stereocenters. The van der Waals surface area contributed by atoms with Crippen LogP contribution in [0.15, 0.2) is 53.3 Å². The summed E-state index contributed by atoms with van der Waals surface area (Å²) in [4.78, 5) is 18.3. The van der Waals surface area contributed by atoms with Crippen molar-refractivity contribution in [2.75, 3.05) is 7.05 Å². The van der Waals surface area contributed by atoms with Crippen molar-refractivity contribution in [2.24, 2.45) is 5.73 Å². The van der Waals surface area contributed by atoms with Crippen LogP contribution in [0.2, 0.25) is 0 Å². The Bertz CT molecular complexity index is 621. The van der Waals surface area contributed by atoms with E-state index in [1.54, 1.807) is 31.3 Å². The summed E-state index contributed by atoms with van der Waals surface area (Å²) in [6.45, 7) is 2.22. The molecule has 0 spiro atoms. The smallest absolute Gasteiger partial charge is 0.247 e. The van der Waals surface area contributed by atoms with Crippen LogP contribution in [0.3, 0.4) is 0 Å². The average Bonchev–Trinajstić information content (AvgIpc) is 2.48. The van der Waals surface area contributed by atoms with Gasteiger partial charge in [-0.3, -0.25) is 9.78 Å². The number of likely N-dealkylation sites (N-methyl/N-ethyl adjacent to an activating group) is 1. The molecule has 0 radical (unpaired) electrons. The summed E-state index contributed by atoms with van der Waals surface area (Å²) in [6, 6.07) is 11.3. The minimum absolute atomic E-state index is 0. The number of nitrogens with two attached hydrogens (primary N) is 1. The zero-order chi connectivity index (χ0) is 15.5. The maximum absolute atomic E-state index is 12.6. The number of rotatable bonds is 4. The Kier molecular flexibility index (Phi) is 8.77. The van der Waals surface area contributed by atoms with E-state index >= 15 is 0 Å². The molecule has 2 rings (SSSR count). The van der Waals surface area contributed by atoms with Gasteiger partial charge < -0.3 is 10.6 Å². The fourth-order valence-electron chi connectivity index (χ4n) is 2.15. The summed E-state index contributed by atoms with van der Waals surface area (Å²) in [7, 11) is 1.75. The van der Waals surface area contributed by atoms with Gasteiger partial charge in [-0.15, -0.1) is 24.8 Å². The van der Waals surface area contributed by atoms with Gasteiger partial charge in [-0.25, -0.2) is 0 Å². The van der Waals surface area contributed by atoms with E-state index in [-0.39, 0.29) is 30.7 Å². The van der Waals surface area contributed by atoms with E-state index in [0.29, 0.717) is 6.54 Å². The molecule has 0 aliphatic carbocycles. The van der Waals surface area contributed by atoms with Crippen molar-refractivity contribution in [3.8, 4) is 0 Å². The SMILES string of the molecule is CN(Cc1cccnc1)C(=O)C(C)(N)c1ccc(Br)cc1.Cl.Cl. The minimum atomic E-state index is -1.06. The van der Waals surface area contributed by atoms with E-state index in [9.17, 15) is 4.79 Å². The first-order valence-electron chi connectivity index (χ1n) is 6.60. The third kappa shape index (κ3) is 5.46. The number of hydrogen-bond donors (Lipinski definition) is 1. The summed E-state index contributed by atoms with van der Waals surface area (Å²) in [5.41, 5.74) is 6.96. The van der Waals surface area contributed by atoms with Gasteiger partial charge in [-0.2, -0.15) is 0 Å². The number of benzene rings is 1. The van der Waals surface area contributed by atoms with Gasteiger partial charge in [0.15, 0.2) is 0 Å². The maximum atomic E-state index is 12.6. The second-order valence-electron chi connectivity index (χ2n) is 5.23. The molecule has 4 nitrogen and oxygen atoms in total. The van der Waals surface area contributed by atoms with E-state index in [1.807, 2.05) is 36.4 Å². The van der Waals surface area contributed by atoms with Crippen LogP contribution in [0.25, 0.3) is 0 Å². The second-order valence-corrected chi connectivity index (χ2v) is 6.15. The fraction of sp³-hybridized carbons (Fsp3) is 0.250. The number of halogens is 3. The van der Waals surface area contributed by atoms with Crippen LogP contribution in [-0.2, 0) is 16.9 Å². The second kappa shape index (κ2) is 9.23. The first-order valence-corrected chi connectivity index (χ1v) is 7.40. The third-order valence-electron chi connectivity index (χ3n) is 3.38. The number of amides is 1. The van der Waals surface area contributed by atoms with Crippen molar-refractivity contribution in [2.45, 2.75) is 19.0 Å². The Morgan fingerprint density at radius 3 is 2.39 bits per heavy atom. The molecule has 0 fully saturated rings. The molecule has 1 atom stereocenters. The molecule has 126 valence electrons. The first kappa shape index (κ1) is 21.9. The zero-order valence-electron chi connectivity index (χ0n) is 12.9. The van der Waals surface area contributed by atoms with E-state index in [0.717, 1.165) is 15.6 Å². The van der Waals surface area contributed by atoms with Crippen molar-refractivity contribution in [1.82, 2.24) is 9.88 Å². The molecule has 0 aliphatic rings. The Hall–Kier alpha value is -1.14. The quantitative estimate of drug-likeness (QED) is 0.822. The summed E-state index contributed by atoms with van der Waals surface area (Å²) in [6.07, 6.45) is 3.46. The molecule has 1 aromatic heterocycles. The number of hydrogen-bond acceptors (Lipinski definition) is 3. The van der Waals surface area contributed by atoms with Gasteiger partial charge in [0.05, 0.1) is 0 Å². The van der Waals surface area contributed by atoms with Crippen LogP contribution in [-0.4, -0.2) is 22.8 Å². The summed E-state index contributed by atoms with van der Waals surface area (Å²) >= 11 is 3.38. The van der Waals surface area contributed by atoms with Crippen LogP contribution in [0.1, 0.15) is 18.1 Å². The summed E-state index contributed by atoms with van der Waals surface area (Å²) in [5.74, 6) is -0.131. The Labute approximate surface area is 157 Å². The largest absolute Gasteiger partial charge is 0.339 e. The predicted molar refractivity (Wildman–Crippen MR) is 101 cm³/mol. The van der Waals surface area contributed by atoms with E-state index in [1.165, 1.54) is 0 Å². The highest BCUT2D eigenvalue weighted by atomic mass is 79.9. The molecule has 0 aliphatic heterocycles. The van der Waals surface area contributed by atoms with Gasteiger partial charge in [0.25, 0.3) is 0 Å². The van der Waals surface area contributed by atoms with Gasteiger partial charge >= 0.3 is 0 Å². The minimum Gasteiger partial charge on any atom is -0.339 e. The summed E-state index contributed by atoms with van der Waals surface area (Å²) in [5, 5.41) is 0. The Morgan fingerprint density at radius 1 is 1.26 bits per heavy atom. The Morgan fingerprint density at radius 2 is 1.87 bits per heavy atom. The van der Waals surface area contributed by atoms with E-state index in [4.69, 9.17) is 5.73 Å². The molecule has 1 amide bonds. The molecule has 23 heavy (non-hydrogen) atoms. The highest BCUT2D eigenvalue weighted by Gasteiger charge is 2.33. The van der Waals surface area contributed by atoms with Crippen LogP contribution in [0.4, 0.5) is 0 Å². The molecule has 2 N–H and O–H groups in total. The lowest BCUT2D eigenvalue weighted by Gasteiger charge is -2.29. The van der Waals surface area contributed by atoms with Gasteiger partial charge in [-0.1, -0.05) is 34.1 Å². The van der Waals surface area contributed by atoms with E-state index < -0.39 is 5.54 Å². The first-order chi connectivity index (χ1) is 9.91. The maximum Gasteiger partial charge on any atom is 0.247 e. The number of nitrogens with zero attached hydrogens (tertiary/aromatic N) is 2. The summed E-state index contributed by atoms with van der Waals surface area (Å²) < 4.78 is 0.957. The van der Waals surface area contributed by atoms with Crippen LogP contribution >= 0.6 is 40.7 Å². The molecule has 2 aromatic rings. The lowest BCUT2D eigenvalue weighted by Crippen LogP contribution is -2.49. The number of carbonyl (C=O) groups is 1. The normalized spacial score (nSPS) is 12.3. The Balaban J connectivity index is 0.00000242. The number of carbonyl (C=O) groups excluding carboxylic acids is 1. The molecule has 7 heteroatoms. The van der Waals surface area contributed by atoms with Gasteiger partial charge in [0.1, 0.15) is 5.54 Å². The lowest BCUT2D eigenvalue weighted by molar-refractivity contribution is -0.136. The van der Waals surface area contributed by atoms with Crippen molar-refractivity contribution >= 4 is 46.7 Å². The highest BCUT2D eigenvalue weighted by Crippen LogP contribution is 2.23. The van der Waals surface area contributed by atoms with Crippen molar-refractivity contribution in [3.05, 3.63) is 64.4 Å². The fourth-order valence-corrected chi connectivity index (χ4v) is 2.42. The molecule has 1 aromatic carbocycles. The third-order valence-corrected chi connectivity index (χ3v) is 3.91. The van der Waals surface area contributed by atoms with Gasteiger partial charge in [-0.05, 0) is 36.2 Å². The van der Waals surface area contributed by atoms with Crippen LogP contribution in [0, 0.1) is 0 Å². The predicted octanol–water partition coefficient (Wildman–Crippen LogP) is 3.52. The molecular formula is C16H20BrCl2N3O. The highest BCUT2D eigenvalue weighted by molar-refractivity contribution is 9.10. The van der Waals surface area contributed by atoms with Crippen LogP contribution < -0.4 is 5.73 Å². The monoisotopic (exact) mass is 419 g/mol. The zero-order valence-corrected chi connectivity index (χ0v) is 16.1. The van der Waals surface area contributed by atoms with Gasteiger partial charge in [0.2, 0.25) is 5.91 Å². The van der Waals surface area contributed by atoms with Crippen molar-refractivity contribution in [3.63, 3.8) is 0 Å². The van der Waals surface area contributed by atoms with E-state index in [2.05, 4.69) is 20.9 Å². The topological polar surface area (TPSA) is 59.2 Å². The molecule has 1 heterocycles. The van der Waals surface area contributed by atoms with Gasteiger partial charge in [0, 0.05) is 30.5 Å². The molecule has 0 saturated carbocycles. The molecule has 0 bridgehead atoms. The molecular weight excluding hydrogens is 401 g/mol. The molecule has 0 saturated heterocycles.